The Bertz CT molecular complexity index is 535. The SMILES string of the molecule is Cc1ccnc(Sc2ccc(C(C)C)cc2)c1Br. The van der Waals surface area contributed by atoms with Crippen LogP contribution in [-0.2, 0) is 0 Å². The van der Waals surface area contributed by atoms with E-state index in [1.807, 2.05) is 12.3 Å². The average molecular weight is 322 g/mol. The van der Waals surface area contributed by atoms with Gasteiger partial charge in [0.25, 0.3) is 0 Å². The molecule has 0 unspecified atom stereocenters. The lowest BCUT2D eigenvalue weighted by Gasteiger charge is -2.08. The minimum atomic E-state index is 0.577. The summed E-state index contributed by atoms with van der Waals surface area (Å²) in [5, 5.41) is 1.02. The van der Waals surface area contributed by atoms with Gasteiger partial charge in [-0.05, 0) is 58.1 Å². The van der Waals surface area contributed by atoms with Crippen LogP contribution in [0.15, 0.2) is 50.9 Å². The Morgan fingerprint density at radius 3 is 2.39 bits per heavy atom. The highest BCUT2D eigenvalue weighted by molar-refractivity contribution is 9.10. The highest BCUT2D eigenvalue weighted by Crippen LogP contribution is 2.33. The summed E-state index contributed by atoms with van der Waals surface area (Å²) in [6.45, 7) is 6.50. The Morgan fingerprint density at radius 1 is 1.11 bits per heavy atom. The number of hydrogen-bond donors (Lipinski definition) is 0. The van der Waals surface area contributed by atoms with Crippen LogP contribution in [0.3, 0.4) is 0 Å². The number of benzene rings is 1. The van der Waals surface area contributed by atoms with Crippen molar-refractivity contribution in [2.75, 3.05) is 0 Å². The van der Waals surface area contributed by atoms with Gasteiger partial charge in [0.1, 0.15) is 5.03 Å². The molecule has 0 aliphatic heterocycles. The maximum Gasteiger partial charge on any atom is 0.115 e. The van der Waals surface area contributed by atoms with Gasteiger partial charge in [-0.3, -0.25) is 0 Å². The molecule has 0 aliphatic carbocycles. The van der Waals surface area contributed by atoms with E-state index in [1.54, 1.807) is 11.8 Å². The molecule has 1 aromatic heterocycles. The summed E-state index contributed by atoms with van der Waals surface area (Å²) in [4.78, 5) is 5.63. The molecular formula is C15H16BrNS. The molecule has 0 bridgehead atoms. The zero-order chi connectivity index (χ0) is 13.1. The molecule has 0 radical (unpaired) electrons. The lowest BCUT2D eigenvalue weighted by molar-refractivity contribution is 0.865. The molecule has 18 heavy (non-hydrogen) atoms. The topological polar surface area (TPSA) is 12.9 Å². The fourth-order valence-electron chi connectivity index (χ4n) is 1.62. The van der Waals surface area contributed by atoms with E-state index in [2.05, 4.69) is 66.0 Å². The first-order valence-electron chi connectivity index (χ1n) is 5.97. The number of aromatic nitrogens is 1. The Hall–Kier alpha value is -0.800. The van der Waals surface area contributed by atoms with Crippen molar-refractivity contribution in [2.45, 2.75) is 36.6 Å². The van der Waals surface area contributed by atoms with E-state index in [0.29, 0.717) is 5.92 Å². The van der Waals surface area contributed by atoms with Gasteiger partial charge in [-0.25, -0.2) is 4.98 Å². The average Bonchev–Trinajstić information content (AvgIpc) is 2.36. The Kier molecular flexibility index (Phi) is 4.46. The number of aryl methyl sites for hydroxylation is 1. The van der Waals surface area contributed by atoms with Crippen LogP contribution in [0.2, 0.25) is 0 Å². The fourth-order valence-corrected chi connectivity index (χ4v) is 2.96. The van der Waals surface area contributed by atoms with Crippen LogP contribution in [0.4, 0.5) is 0 Å². The number of pyridine rings is 1. The molecule has 0 spiro atoms. The van der Waals surface area contributed by atoms with Crippen LogP contribution >= 0.6 is 27.7 Å². The molecule has 0 atom stereocenters. The Balaban J connectivity index is 2.21. The van der Waals surface area contributed by atoms with Gasteiger partial charge in [-0.15, -0.1) is 0 Å². The van der Waals surface area contributed by atoms with Crippen LogP contribution in [0, 0.1) is 6.92 Å². The quantitative estimate of drug-likeness (QED) is 0.747. The second-order valence-electron chi connectivity index (χ2n) is 4.57. The monoisotopic (exact) mass is 321 g/mol. The van der Waals surface area contributed by atoms with Gasteiger partial charge >= 0.3 is 0 Å². The summed E-state index contributed by atoms with van der Waals surface area (Å²) >= 11 is 5.28. The third-order valence-corrected chi connectivity index (χ3v) is 5.09. The van der Waals surface area contributed by atoms with Crippen LogP contribution in [-0.4, -0.2) is 4.98 Å². The van der Waals surface area contributed by atoms with Crippen molar-refractivity contribution >= 4 is 27.7 Å². The molecule has 0 saturated carbocycles. The summed E-state index contributed by atoms with van der Waals surface area (Å²) in [6, 6.07) is 10.7. The van der Waals surface area contributed by atoms with E-state index in [4.69, 9.17) is 0 Å². The lowest BCUT2D eigenvalue weighted by atomic mass is 10.0. The zero-order valence-corrected chi connectivity index (χ0v) is 13.2. The predicted molar refractivity (Wildman–Crippen MR) is 81.3 cm³/mol. The van der Waals surface area contributed by atoms with E-state index in [1.165, 1.54) is 16.0 Å². The summed E-state index contributed by atoms with van der Waals surface area (Å²) < 4.78 is 1.09. The van der Waals surface area contributed by atoms with Gasteiger partial charge in [0.15, 0.2) is 0 Å². The maximum absolute atomic E-state index is 4.41. The molecule has 0 aliphatic rings. The minimum absolute atomic E-state index is 0.577. The first-order valence-corrected chi connectivity index (χ1v) is 7.58. The summed E-state index contributed by atoms with van der Waals surface area (Å²) in [7, 11) is 0. The molecule has 94 valence electrons. The van der Waals surface area contributed by atoms with Crippen LogP contribution in [0.5, 0.6) is 0 Å². The van der Waals surface area contributed by atoms with Crippen molar-refractivity contribution in [1.29, 1.82) is 0 Å². The first-order chi connectivity index (χ1) is 8.58. The van der Waals surface area contributed by atoms with Gasteiger partial charge in [-0.2, -0.15) is 0 Å². The third kappa shape index (κ3) is 3.15. The van der Waals surface area contributed by atoms with E-state index in [0.717, 1.165) is 9.50 Å². The highest BCUT2D eigenvalue weighted by Gasteiger charge is 2.06. The summed E-state index contributed by atoms with van der Waals surface area (Å²) in [5.41, 5.74) is 2.59. The molecule has 2 aromatic rings. The van der Waals surface area contributed by atoms with Crippen LogP contribution < -0.4 is 0 Å². The van der Waals surface area contributed by atoms with E-state index in [9.17, 15) is 0 Å². The molecule has 0 N–H and O–H groups in total. The van der Waals surface area contributed by atoms with E-state index < -0.39 is 0 Å². The Morgan fingerprint density at radius 2 is 1.78 bits per heavy atom. The molecule has 3 heteroatoms. The molecule has 1 heterocycles. The predicted octanol–water partition coefficient (Wildman–Crippen LogP) is 5.43. The van der Waals surface area contributed by atoms with Crippen molar-refractivity contribution < 1.29 is 0 Å². The van der Waals surface area contributed by atoms with Gasteiger partial charge in [-0.1, -0.05) is 37.7 Å². The number of rotatable bonds is 3. The zero-order valence-electron chi connectivity index (χ0n) is 10.8. The van der Waals surface area contributed by atoms with Crippen LogP contribution in [0.1, 0.15) is 30.9 Å². The summed E-state index contributed by atoms with van der Waals surface area (Å²) in [5.74, 6) is 0.577. The lowest BCUT2D eigenvalue weighted by Crippen LogP contribution is -1.87. The smallest absolute Gasteiger partial charge is 0.115 e. The maximum atomic E-state index is 4.41. The van der Waals surface area contributed by atoms with Gasteiger partial charge in [0.2, 0.25) is 0 Å². The largest absolute Gasteiger partial charge is 0.248 e. The molecule has 0 saturated heterocycles. The van der Waals surface area contributed by atoms with Gasteiger partial charge < -0.3 is 0 Å². The van der Waals surface area contributed by atoms with E-state index in [-0.39, 0.29) is 0 Å². The normalized spacial score (nSPS) is 10.9. The number of halogens is 1. The molecule has 0 fully saturated rings. The Labute approximate surface area is 121 Å². The highest BCUT2D eigenvalue weighted by atomic mass is 79.9. The van der Waals surface area contributed by atoms with Crippen molar-refractivity contribution in [3.63, 3.8) is 0 Å². The third-order valence-electron chi connectivity index (χ3n) is 2.81. The van der Waals surface area contributed by atoms with Crippen molar-refractivity contribution in [3.8, 4) is 0 Å². The second kappa shape index (κ2) is 5.89. The molecule has 0 amide bonds. The fraction of sp³-hybridized carbons (Fsp3) is 0.267. The standard InChI is InChI=1S/C15H16BrNS/c1-10(2)12-4-6-13(7-5-12)18-15-14(16)11(3)8-9-17-15/h4-10H,1-3H3. The second-order valence-corrected chi connectivity index (χ2v) is 6.43. The number of hydrogen-bond acceptors (Lipinski definition) is 2. The van der Waals surface area contributed by atoms with E-state index >= 15 is 0 Å². The van der Waals surface area contributed by atoms with Crippen LogP contribution in [0.25, 0.3) is 0 Å². The first kappa shape index (κ1) is 13.6. The molecule has 2 rings (SSSR count). The van der Waals surface area contributed by atoms with Crippen molar-refractivity contribution in [3.05, 3.63) is 52.1 Å². The minimum Gasteiger partial charge on any atom is -0.248 e. The number of nitrogens with zero attached hydrogens (tertiary/aromatic N) is 1. The summed E-state index contributed by atoms with van der Waals surface area (Å²) in [6.07, 6.45) is 1.85. The van der Waals surface area contributed by atoms with Crippen molar-refractivity contribution in [2.24, 2.45) is 0 Å². The molecular weight excluding hydrogens is 306 g/mol. The van der Waals surface area contributed by atoms with Gasteiger partial charge in [0, 0.05) is 11.1 Å². The molecule has 1 aromatic carbocycles. The van der Waals surface area contributed by atoms with Crippen molar-refractivity contribution in [1.82, 2.24) is 4.98 Å². The molecule has 1 nitrogen and oxygen atoms in total. The van der Waals surface area contributed by atoms with Gasteiger partial charge in [0.05, 0.1) is 4.47 Å².